The van der Waals surface area contributed by atoms with Crippen LogP contribution < -0.4 is 0 Å². The van der Waals surface area contributed by atoms with Gasteiger partial charge in [-0.25, -0.2) is 0 Å². The van der Waals surface area contributed by atoms with E-state index in [4.69, 9.17) is 0 Å². The first-order valence-electron chi connectivity index (χ1n) is 8.61. The van der Waals surface area contributed by atoms with Gasteiger partial charge in [0.05, 0.1) is 0 Å². The molecule has 2 atom stereocenters. The molecule has 118 valence electrons. The highest BCUT2D eigenvalue weighted by atomic mass is 16.1. The summed E-state index contributed by atoms with van der Waals surface area (Å²) in [5.41, 5.74) is 2.73. The number of ketones is 1. The molecule has 2 bridgehead atoms. The Bertz CT molecular complexity index is 682. The molecule has 0 spiro atoms. The predicted octanol–water partition coefficient (Wildman–Crippen LogP) is 4.00. The summed E-state index contributed by atoms with van der Waals surface area (Å²) < 4.78 is 0. The van der Waals surface area contributed by atoms with Gasteiger partial charge in [0.2, 0.25) is 0 Å². The molecule has 0 N–H and O–H groups in total. The van der Waals surface area contributed by atoms with Crippen molar-refractivity contribution in [1.29, 1.82) is 0 Å². The van der Waals surface area contributed by atoms with Crippen molar-refractivity contribution >= 4 is 5.78 Å². The van der Waals surface area contributed by atoms with Gasteiger partial charge < -0.3 is 0 Å². The number of benzene rings is 2. The van der Waals surface area contributed by atoms with Crippen LogP contribution in [-0.4, -0.2) is 22.3 Å². The highest BCUT2D eigenvalue weighted by molar-refractivity contribution is 5.82. The van der Waals surface area contributed by atoms with E-state index in [1.54, 1.807) is 0 Å². The zero-order valence-electron chi connectivity index (χ0n) is 13.4. The Morgan fingerprint density at radius 1 is 0.957 bits per heavy atom. The summed E-state index contributed by atoms with van der Waals surface area (Å²) in [4.78, 5) is 14.9. The fourth-order valence-electron chi connectivity index (χ4n) is 4.53. The van der Waals surface area contributed by atoms with Gasteiger partial charge in [-0.2, -0.15) is 0 Å². The number of nitrogens with zero attached hydrogens (tertiary/aromatic N) is 1. The molecule has 2 fully saturated rings. The van der Waals surface area contributed by atoms with Crippen molar-refractivity contribution in [3.63, 3.8) is 0 Å². The lowest BCUT2D eigenvalue weighted by Gasteiger charge is -2.44. The second kappa shape index (κ2) is 5.93. The van der Waals surface area contributed by atoms with Crippen LogP contribution in [0.2, 0.25) is 0 Å². The summed E-state index contributed by atoms with van der Waals surface area (Å²) in [6.07, 6.45) is 4.74. The first-order valence-corrected chi connectivity index (χ1v) is 8.61. The highest BCUT2D eigenvalue weighted by Crippen LogP contribution is 2.45. The van der Waals surface area contributed by atoms with E-state index in [0.29, 0.717) is 18.2 Å². The topological polar surface area (TPSA) is 20.3 Å². The van der Waals surface area contributed by atoms with Crippen LogP contribution in [0, 0.1) is 0 Å². The summed E-state index contributed by atoms with van der Waals surface area (Å²) in [6, 6.07) is 21.8. The maximum atomic E-state index is 12.3. The number of carbonyl (C=O) groups is 1. The van der Waals surface area contributed by atoms with Crippen LogP contribution in [0.3, 0.4) is 0 Å². The number of Topliss-reactive ketones (excluding diaryl/α,β-unsaturated/α-hetero) is 1. The molecule has 2 aliphatic heterocycles. The van der Waals surface area contributed by atoms with Crippen LogP contribution in [-0.2, 0) is 17.8 Å². The van der Waals surface area contributed by atoms with Gasteiger partial charge in [0.25, 0.3) is 0 Å². The van der Waals surface area contributed by atoms with Crippen molar-refractivity contribution in [2.75, 3.05) is 0 Å². The van der Waals surface area contributed by atoms with Crippen molar-refractivity contribution in [2.45, 2.75) is 50.2 Å². The van der Waals surface area contributed by atoms with E-state index in [2.05, 4.69) is 65.6 Å². The summed E-state index contributed by atoms with van der Waals surface area (Å²) in [5, 5.41) is 0. The molecule has 0 saturated carbocycles. The molecule has 2 heterocycles. The molecule has 0 radical (unpaired) electrons. The van der Waals surface area contributed by atoms with Crippen LogP contribution in [0.4, 0.5) is 0 Å². The van der Waals surface area contributed by atoms with E-state index >= 15 is 0 Å². The van der Waals surface area contributed by atoms with Gasteiger partial charge in [-0.15, -0.1) is 0 Å². The Balaban J connectivity index is 1.64. The maximum Gasteiger partial charge on any atom is 0.136 e. The van der Waals surface area contributed by atoms with Crippen LogP contribution in [0.25, 0.3) is 0 Å². The second-order valence-corrected chi connectivity index (χ2v) is 7.11. The minimum absolute atomic E-state index is 0.0250. The number of carbonyl (C=O) groups excluding carboxylic acids is 1. The van der Waals surface area contributed by atoms with Gasteiger partial charge in [-0.3, -0.25) is 9.69 Å². The van der Waals surface area contributed by atoms with Gasteiger partial charge in [0.15, 0.2) is 0 Å². The fraction of sp³-hybridized carbons (Fsp3) is 0.381. The van der Waals surface area contributed by atoms with Gasteiger partial charge in [0, 0.05) is 31.0 Å². The zero-order valence-corrected chi connectivity index (χ0v) is 13.4. The minimum Gasteiger partial charge on any atom is -0.300 e. The van der Waals surface area contributed by atoms with E-state index in [1.165, 1.54) is 11.1 Å². The molecule has 2 saturated heterocycles. The highest BCUT2D eigenvalue weighted by Gasteiger charge is 2.51. The molecular formula is C21H23NO. The van der Waals surface area contributed by atoms with E-state index < -0.39 is 0 Å². The van der Waals surface area contributed by atoms with Gasteiger partial charge in [0.1, 0.15) is 5.78 Å². The molecule has 2 aliphatic rings. The minimum atomic E-state index is 0.0250. The third kappa shape index (κ3) is 2.84. The van der Waals surface area contributed by atoms with Gasteiger partial charge >= 0.3 is 0 Å². The first-order chi connectivity index (χ1) is 11.3. The van der Waals surface area contributed by atoms with Crippen molar-refractivity contribution in [3.8, 4) is 0 Å². The molecule has 2 heteroatoms. The third-order valence-corrected chi connectivity index (χ3v) is 5.55. The maximum absolute atomic E-state index is 12.3. The number of hydrogen-bond acceptors (Lipinski definition) is 2. The van der Waals surface area contributed by atoms with Gasteiger partial charge in [-0.1, -0.05) is 60.7 Å². The average Bonchev–Trinajstić information content (AvgIpc) is 2.77. The molecule has 4 rings (SSSR count). The Morgan fingerprint density at radius 2 is 1.61 bits per heavy atom. The molecule has 0 aliphatic carbocycles. The Kier molecular flexibility index (Phi) is 3.78. The summed E-state index contributed by atoms with van der Waals surface area (Å²) in [5.74, 6) is 0.452. The van der Waals surface area contributed by atoms with E-state index in [1.807, 2.05) is 0 Å². The van der Waals surface area contributed by atoms with Crippen molar-refractivity contribution in [2.24, 2.45) is 0 Å². The second-order valence-electron chi connectivity index (χ2n) is 7.11. The van der Waals surface area contributed by atoms with Crippen molar-refractivity contribution in [3.05, 3.63) is 71.8 Å². The SMILES string of the molecule is O=C1C[C@@H]2CC[C@@](Cc3ccccc3)(C1)N2Cc1ccccc1. The molecule has 0 amide bonds. The van der Waals surface area contributed by atoms with Gasteiger partial charge in [-0.05, 0) is 30.4 Å². The molecule has 2 aromatic carbocycles. The van der Waals surface area contributed by atoms with Crippen molar-refractivity contribution in [1.82, 2.24) is 4.90 Å². The molecule has 2 nitrogen and oxygen atoms in total. The van der Waals surface area contributed by atoms with Crippen LogP contribution >= 0.6 is 0 Å². The van der Waals surface area contributed by atoms with E-state index in [-0.39, 0.29) is 5.54 Å². The predicted molar refractivity (Wildman–Crippen MR) is 92.1 cm³/mol. The quantitative estimate of drug-likeness (QED) is 0.851. The number of rotatable bonds is 4. The average molecular weight is 305 g/mol. The monoisotopic (exact) mass is 305 g/mol. The molecular weight excluding hydrogens is 282 g/mol. The number of piperidine rings is 1. The third-order valence-electron chi connectivity index (χ3n) is 5.55. The lowest BCUT2D eigenvalue weighted by atomic mass is 9.81. The Hall–Kier alpha value is -1.93. The Morgan fingerprint density at radius 3 is 2.30 bits per heavy atom. The molecule has 2 aromatic rings. The largest absolute Gasteiger partial charge is 0.300 e. The van der Waals surface area contributed by atoms with Crippen LogP contribution in [0.15, 0.2) is 60.7 Å². The number of fused-ring (bicyclic) bond motifs is 2. The van der Waals surface area contributed by atoms with Crippen LogP contribution in [0.5, 0.6) is 0 Å². The summed E-state index contributed by atoms with van der Waals surface area (Å²) in [6.45, 7) is 0.964. The normalized spacial score (nSPS) is 27.3. The lowest BCUT2D eigenvalue weighted by Crippen LogP contribution is -2.53. The molecule has 0 aromatic heterocycles. The summed E-state index contributed by atoms with van der Waals surface area (Å²) >= 11 is 0. The van der Waals surface area contributed by atoms with Crippen molar-refractivity contribution < 1.29 is 4.79 Å². The summed E-state index contributed by atoms with van der Waals surface area (Å²) in [7, 11) is 0. The number of hydrogen-bond donors (Lipinski definition) is 0. The van der Waals surface area contributed by atoms with E-state index in [9.17, 15) is 4.79 Å². The lowest BCUT2D eigenvalue weighted by molar-refractivity contribution is -0.127. The molecule has 0 unspecified atom stereocenters. The zero-order chi connectivity index (χ0) is 15.7. The fourth-order valence-corrected chi connectivity index (χ4v) is 4.53. The standard InChI is InChI=1S/C21H23NO/c23-20-13-19-11-12-21(15-20,14-17-7-3-1-4-8-17)22(19)16-18-9-5-2-6-10-18/h1-10,19H,11-16H2/t19-,21+/m0/s1. The Labute approximate surface area is 138 Å². The van der Waals surface area contributed by atoms with E-state index in [0.717, 1.165) is 32.2 Å². The first kappa shape index (κ1) is 14.6. The molecule has 23 heavy (non-hydrogen) atoms. The smallest absolute Gasteiger partial charge is 0.136 e. The van der Waals surface area contributed by atoms with Crippen LogP contribution in [0.1, 0.15) is 36.8 Å².